The number of para-hydroxylation sites is 2. The van der Waals surface area contributed by atoms with Crippen molar-refractivity contribution in [3.05, 3.63) is 59.7 Å². The maximum atomic E-state index is 13.3. The van der Waals surface area contributed by atoms with E-state index >= 15 is 0 Å². The third kappa shape index (κ3) is 4.76. The largest absolute Gasteiger partial charge is 0.495 e. The summed E-state index contributed by atoms with van der Waals surface area (Å²) in [5.41, 5.74) is 0.319. The summed E-state index contributed by atoms with van der Waals surface area (Å²) in [7, 11) is 1.48. The van der Waals surface area contributed by atoms with Crippen LogP contribution in [0.2, 0.25) is 0 Å². The van der Waals surface area contributed by atoms with Crippen LogP contribution in [0.15, 0.2) is 42.5 Å². The highest BCUT2D eigenvalue weighted by Crippen LogP contribution is 2.23. The van der Waals surface area contributed by atoms with Gasteiger partial charge in [0.15, 0.2) is 0 Å². The van der Waals surface area contributed by atoms with Crippen LogP contribution in [0.5, 0.6) is 5.75 Å². The SMILES string of the molecule is CCN(CC(=O)Nc1ccccc1OC)C(=O)c1cc(F)cc(F)c1. The fourth-order valence-electron chi connectivity index (χ4n) is 2.30. The van der Waals surface area contributed by atoms with Crippen LogP contribution in [0.4, 0.5) is 14.5 Å². The summed E-state index contributed by atoms with van der Waals surface area (Å²) in [6.07, 6.45) is 0. The van der Waals surface area contributed by atoms with E-state index in [9.17, 15) is 18.4 Å². The number of methoxy groups -OCH3 is 1. The molecule has 0 fully saturated rings. The Hall–Kier alpha value is -2.96. The predicted octanol–water partition coefficient (Wildman–Crippen LogP) is 3.07. The van der Waals surface area contributed by atoms with Gasteiger partial charge in [0.2, 0.25) is 5.91 Å². The van der Waals surface area contributed by atoms with Crippen LogP contribution in [0.25, 0.3) is 0 Å². The smallest absolute Gasteiger partial charge is 0.254 e. The lowest BCUT2D eigenvalue weighted by atomic mass is 10.2. The highest BCUT2D eigenvalue weighted by Gasteiger charge is 2.19. The molecule has 2 aromatic carbocycles. The van der Waals surface area contributed by atoms with Crippen molar-refractivity contribution >= 4 is 17.5 Å². The first-order valence-corrected chi connectivity index (χ1v) is 7.62. The first-order chi connectivity index (χ1) is 11.9. The van der Waals surface area contributed by atoms with Gasteiger partial charge in [0.05, 0.1) is 12.8 Å². The zero-order chi connectivity index (χ0) is 18.4. The van der Waals surface area contributed by atoms with Crippen LogP contribution in [0.3, 0.4) is 0 Å². The van der Waals surface area contributed by atoms with Crippen molar-refractivity contribution in [3.63, 3.8) is 0 Å². The minimum atomic E-state index is -0.849. The van der Waals surface area contributed by atoms with Gasteiger partial charge in [-0.3, -0.25) is 9.59 Å². The summed E-state index contributed by atoms with van der Waals surface area (Å²) in [6.45, 7) is 1.62. The van der Waals surface area contributed by atoms with E-state index in [1.807, 2.05) is 0 Å². The van der Waals surface area contributed by atoms with E-state index in [0.29, 0.717) is 17.5 Å². The number of hydrogen-bond donors (Lipinski definition) is 1. The number of benzene rings is 2. The van der Waals surface area contributed by atoms with Gasteiger partial charge < -0.3 is 15.0 Å². The average Bonchev–Trinajstić information content (AvgIpc) is 2.58. The fourth-order valence-corrected chi connectivity index (χ4v) is 2.30. The molecule has 25 heavy (non-hydrogen) atoms. The summed E-state index contributed by atoms with van der Waals surface area (Å²) in [5.74, 6) is -2.29. The summed E-state index contributed by atoms with van der Waals surface area (Å²) in [4.78, 5) is 25.8. The first-order valence-electron chi connectivity index (χ1n) is 7.62. The van der Waals surface area contributed by atoms with E-state index in [2.05, 4.69) is 5.32 Å². The number of carbonyl (C=O) groups is 2. The number of hydrogen-bond acceptors (Lipinski definition) is 3. The van der Waals surface area contributed by atoms with Crippen LogP contribution in [-0.2, 0) is 4.79 Å². The first kappa shape index (κ1) is 18.4. The third-order valence-electron chi connectivity index (χ3n) is 3.49. The lowest BCUT2D eigenvalue weighted by molar-refractivity contribution is -0.116. The van der Waals surface area contributed by atoms with E-state index in [1.165, 1.54) is 12.0 Å². The lowest BCUT2D eigenvalue weighted by Crippen LogP contribution is -2.38. The van der Waals surface area contributed by atoms with Crippen molar-refractivity contribution in [2.24, 2.45) is 0 Å². The van der Waals surface area contributed by atoms with Crippen LogP contribution in [0, 0.1) is 11.6 Å². The summed E-state index contributed by atoms with van der Waals surface area (Å²) in [6, 6.07) is 9.40. The Labute approximate surface area is 144 Å². The van der Waals surface area contributed by atoms with Crippen LogP contribution in [0.1, 0.15) is 17.3 Å². The molecule has 0 aliphatic carbocycles. The number of halogens is 2. The zero-order valence-corrected chi connectivity index (χ0v) is 13.9. The lowest BCUT2D eigenvalue weighted by Gasteiger charge is -2.21. The molecule has 0 unspecified atom stereocenters. The maximum Gasteiger partial charge on any atom is 0.254 e. The summed E-state index contributed by atoms with van der Waals surface area (Å²) in [5, 5.41) is 2.65. The van der Waals surface area contributed by atoms with Gasteiger partial charge in [0.1, 0.15) is 23.9 Å². The molecule has 0 aromatic heterocycles. The Morgan fingerprint density at radius 2 is 1.76 bits per heavy atom. The molecule has 0 saturated heterocycles. The quantitative estimate of drug-likeness (QED) is 0.873. The molecule has 5 nitrogen and oxygen atoms in total. The number of anilines is 1. The number of amides is 2. The molecular weight excluding hydrogens is 330 g/mol. The Morgan fingerprint density at radius 1 is 1.12 bits per heavy atom. The van der Waals surface area contributed by atoms with Crippen LogP contribution >= 0.6 is 0 Å². The van der Waals surface area contributed by atoms with E-state index in [-0.39, 0.29) is 18.7 Å². The molecule has 2 amide bonds. The van der Waals surface area contributed by atoms with Crippen molar-refractivity contribution in [3.8, 4) is 5.75 Å². The monoisotopic (exact) mass is 348 g/mol. The molecule has 2 rings (SSSR count). The van der Waals surface area contributed by atoms with Gasteiger partial charge in [-0.2, -0.15) is 0 Å². The molecule has 0 atom stereocenters. The summed E-state index contributed by atoms with van der Waals surface area (Å²) >= 11 is 0. The molecule has 0 aliphatic heterocycles. The number of nitrogens with one attached hydrogen (secondary N) is 1. The van der Waals surface area contributed by atoms with E-state index < -0.39 is 23.4 Å². The Bertz CT molecular complexity index is 760. The van der Waals surface area contributed by atoms with Crippen molar-refractivity contribution in [2.75, 3.05) is 25.5 Å². The molecule has 0 bridgehead atoms. The van der Waals surface area contributed by atoms with Crippen molar-refractivity contribution in [1.82, 2.24) is 4.90 Å². The molecule has 0 radical (unpaired) electrons. The molecule has 2 aromatic rings. The minimum absolute atomic E-state index is 0.149. The highest BCUT2D eigenvalue weighted by atomic mass is 19.1. The van der Waals surface area contributed by atoms with Gasteiger partial charge >= 0.3 is 0 Å². The van der Waals surface area contributed by atoms with Crippen molar-refractivity contribution in [1.29, 1.82) is 0 Å². The van der Waals surface area contributed by atoms with E-state index in [4.69, 9.17) is 4.74 Å². The van der Waals surface area contributed by atoms with Crippen LogP contribution < -0.4 is 10.1 Å². The van der Waals surface area contributed by atoms with Gasteiger partial charge in [0.25, 0.3) is 5.91 Å². The Balaban J connectivity index is 2.10. The zero-order valence-electron chi connectivity index (χ0n) is 13.9. The van der Waals surface area contributed by atoms with Gasteiger partial charge in [-0.25, -0.2) is 8.78 Å². The van der Waals surface area contributed by atoms with Gasteiger partial charge in [-0.05, 0) is 31.2 Å². The molecule has 0 heterocycles. The molecule has 1 N–H and O–H groups in total. The topological polar surface area (TPSA) is 58.6 Å². The van der Waals surface area contributed by atoms with E-state index in [1.54, 1.807) is 31.2 Å². The molecule has 132 valence electrons. The molecular formula is C18H18F2N2O3. The average molecular weight is 348 g/mol. The molecule has 0 spiro atoms. The minimum Gasteiger partial charge on any atom is -0.495 e. The number of likely N-dealkylation sites (N-methyl/N-ethyl adjacent to an activating group) is 1. The van der Waals surface area contributed by atoms with E-state index in [0.717, 1.165) is 12.1 Å². The van der Waals surface area contributed by atoms with Crippen molar-refractivity contribution in [2.45, 2.75) is 6.92 Å². The second-order valence-corrected chi connectivity index (χ2v) is 5.23. The second-order valence-electron chi connectivity index (χ2n) is 5.23. The third-order valence-corrected chi connectivity index (χ3v) is 3.49. The standard InChI is InChI=1S/C18H18F2N2O3/c1-3-22(18(24)12-8-13(19)10-14(20)9-12)11-17(23)21-15-6-4-5-7-16(15)25-2/h4-10H,3,11H2,1-2H3,(H,21,23). The number of carbonyl (C=O) groups excluding carboxylic acids is 2. The maximum absolute atomic E-state index is 13.3. The number of nitrogens with zero attached hydrogens (tertiary/aromatic N) is 1. The second kappa shape index (κ2) is 8.23. The molecule has 0 saturated carbocycles. The van der Waals surface area contributed by atoms with Crippen LogP contribution in [-0.4, -0.2) is 36.9 Å². The molecule has 7 heteroatoms. The number of rotatable bonds is 6. The van der Waals surface area contributed by atoms with Gasteiger partial charge in [0, 0.05) is 18.2 Å². The number of ether oxygens (including phenoxy) is 1. The van der Waals surface area contributed by atoms with Gasteiger partial charge in [-0.15, -0.1) is 0 Å². The van der Waals surface area contributed by atoms with Gasteiger partial charge in [-0.1, -0.05) is 12.1 Å². The predicted molar refractivity (Wildman–Crippen MR) is 89.6 cm³/mol. The van der Waals surface area contributed by atoms with Crippen molar-refractivity contribution < 1.29 is 23.1 Å². The fraction of sp³-hybridized carbons (Fsp3) is 0.222. The summed E-state index contributed by atoms with van der Waals surface area (Å²) < 4.78 is 31.7. The molecule has 0 aliphatic rings. The Kier molecular flexibility index (Phi) is 6.05. The Morgan fingerprint density at radius 3 is 2.36 bits per heavy atom. The normalized spacial score (nSPS) is 10.2. The highest BCUT2D eigenvalue weighted by molar-refractivity contribution is 5.99.